The molecule has 0 unspecified atom stereocenters. The molecule has 1 atom stereocenters. The fourth-order valence-electron chi connectivity index (χ4n) is 1.27. The molecule has 0 aliphatic carbocycles. The van der Waals surface area contributed by atoms with E-state index in [9.17, 15) is 9.90 Å². The molecule has 78 valence electrons. The molecular weight excluding hydrogens is 200 g/mol. The summed E-state index contributed by atoms with van der Waals surface area (Å²) in [5.74, 6) is -0.382. The minimum atomic E-state index is -0.725. The van der Waals surface area contributed by atoms with Gasteiger partial charge in [-0.1, -0.05) is 6.92 Å². The van der Waals surface area contributed by atoms with Gasteiger partial charge in [0.05, 0.1) is 19.6 Å². The Labute approximate surface area is 87.3 Å². The quantitative estimate of drug-likeness (QED) is 0.779. The van der Waals surface area contributed by atoms with Crippen molar-refractivity contribution in [2.75, 3.05) is 7.11 Å². The van der Waals surface area contributed by atoms with Crippen molar-refractivity contribution in [3.8, 4) is 0 Å². The molecule has 0 amide bonds. The van der Waals surface area contributed by atoms with Crippen LogP contribution in [0.5, 0.6) is 0 Å². The smallest absolute Gasteiger partial charge is 0.308 e. The van der Waals surface area contributed by atoms with Gasteiger partial charge in [0.25, 0.3) is 0 Å². The second-order valence-corrected chi connectivity index (χ2v) is 3.91. The predicted octanol–water partition coefficient (Wildman–Crippen LogP) is 1.91. The van der Waals surface area contributed by atoms with Crippen LogP contribution in [0.3, 0.4) is 0 Å². The molecule has 0 saturated heterocycles. The molecule has 0 bridgehead atoms. The standard InChI is InChI=1S/C10H14O3S/c1-3-7-4-5-14-10(7)8(11)6-9(12)13-2/h4-5,8,11H,3,6H2,1-2H3/t8-/m0/s1. The summed E-state index contributed by atoms with van der Waals surface area (Å²) in [4.78, 5) is 11.8. The topological polar surface area (TPSA) is 46.5 Å². The summed E-state index contributed by atoms with van der Waals surface area (Å²) in [6.45, 7) is 2.02. The summed E-state index contributed by atoms with van der Waals surface area (Å²) >= 11 is 1.48. The molecule has 1 aromatic rings. The van der Waals surface area contributed by atoms with Gasteiger partial charge >= 0.3 is 5.97 Å². The Kier molecular flexibility index (Phi) is 4.10. The predicted molar refractivity (Wildman–Crippen MR) is 55.3 cm³/mol. The Bertz CT molecular complexity index is 306. The number of thiophene rings is 1. The van der Waals surface area contributed by atoms with Crippen molar-refractivity contribution in [3.63, 3.8) is 0 Å². The highest BCUT2D eigenvalue weighted by Crippen LogP contribution is 2.27. The van der Waals surface area contributed by atoms with Crippen LogP contribution in [-0.4, -0.2) is 18.2 Å². The number of methoxy groups -OCH3 is 1. The van der Waals surface area contributed by atoms with Crippen LogP contribution >= 0.6 is 11.3 Å². The maximum Gasteiger partial charge on any atom is 0.308 e. The maximum absolute atomic E-state index is 10.9. The molecule has 0 aromatic carbocycles. The Balaban J connectivity index is 2.68. The molecule has 1 rings (SSSR count). The van der Waals surface area contributed by atoms with Gasteiger partial charge in [0.2, 0.25) is 0 Å². The van der Waals surface area contributed by atoms with E-state index < -0.39 is 6.10 Å². The molecule has 4 heteroatoms. The van der Waals surface area contributed by atoms with Crippen molar-refractivity contribution in [2.24, 2.45) is 0 Å². The number of aryl methyl sites for hydroxylation is 1. The molecule has 0 radical (unpaired) electrons. The van der Waals surface area contributed by atoms with Crippen LogP contribution in [0.2, 0.25) is 0 Å². The SMILES string of the molecule is CCc1ccsc1[C@@H](O)CC(=O)OC. The van der Waals surface area contributed by atoms with Crippen LogP contribution in [0.1, 0.15) is 29.9 Å². The number of esters is 1. The first-order valence-corrected chi connectivity index (χ1v) is 5.38. The van der Waals surface area contributed by atoms with Gasteiger partial charge in [0, 0.05) is 4.88 Å². The largest absolute Gasteiger partial charge is 0.469 e. The third-order valence-electron chi connectivity index (χ3n) is 2.05. The zero-order valence-electron chi connectivity index (χ0n) is 8.32. The van der Waals surface area contributed by atoms with Gasteiger partial charge in [-0.3, -0.25) is 4.79 Å². The number of carbonyl (C=O) groups is 1. The van der Waals surface area contributed by atoms with E-state index in [1.165, 1.54) is 18.4 Å². The van der Waals surface area contributed by atoms with E-state index in [1.807, 2.05) is 18.4 Å². The van der Waals surface area contributed by atoms with Gasteiger partial charge in [-0.2, -0.15) is 0 Å². The normalized spacial score (nSPS) is 12.5. The zero-order valence-corrected chi connectivity index (χ0v) is 9.13. The zero-order chi connectivity index (χ0) is 10.6. The lowest BCUT2D eigenvalue weighted by Crippen LogP contribution is -2.08. The molecular formula is C10H14O3S. The monoisotopic (exact) mass is 214 g/mol. The summed E-state index contributed by atoms with van der Waals surface area (Å²) < 4.78 is 4.50. The van der Waals surface area contributed by atoms with E-state index in [1.54, 1.807) is 0 Å². The van der Waals surface area contributed by atoms with E-state index in [0.29, 0.717) is 0 Å². The van der Waals surface area contributed by atoms with E-state index in [4.69, 9.17) is 0 Å². The average Bonchev–Trinajstić information content (AvgIpc) is 2.65. The second kappa shape index (κ2) is 5.12. The van der Waals surface area contributed by atoms with Crippen molar-refractivity contribution >= 4 is 17.3 Å². The van der Waals surface area contributed by atoms with Gasteiger partial charge in [-0.15, -0.1) is 11.3 Å². The molecule has 0 spiro atoms. The van der Waals surface area contributed by atoms with Crippen molar-refractivity contribution in [1.29, 1.82) is 0 Å². The maximum atomic E-state index is 10.9. The third-order valence-corrected chi connectivity index (χ3v) is 3.11. The Hall–Kier alpha value is -0.870. The van der Waals surface area contributed by atoms with Crippen LogP contribution in [0.25, 0.3) is 0 Å². The number of rotatable bonds is 4. The van der Waals surface area contributed by atoms with E-state index in [0.717, 1.165) is 16.9 Å². The highest BCUT2D eigenvalue weighted by molar-refractivity contribution is 7.10. The minimum absolute atomic E-state index is 0.0318. The highest BCUT2D eigenvalue weighted by Gasteiger charge is 2.17. The van der Waals surface area contributed by atoms with Crippen LogP contribution in [0, 0.1) is 0 Å². The summed E-state index contributed by atoms with van der Waals surface area (Å²) in [5, 5.41) is 11.7. The third kappa shape index (κ3) is 2.56. The summed E-state index contributed by atoms with van der Waals surface area (Å²) in [6.07, 6.45) is 0.179. The van der Waals surface area contributed by atoms with Crippen LogP contribution in [-0.2, 0) is 16.0 Å². The lowest BCUT2D eigenvalue weighted by Gasteiger charge is -2.08. The Morgan fingerprint density at radius 3 is 3.00 bits per heavy atom. The molecule has 0 aliphatic rings. The van der Waals surface area contributed by atoms with E-state index in [-0.39, 0.29) is 12.4 Å². The van der Waals surface area contributed by atoms with Gasteiger partial charge in [0.15, 0.2) is 0 Å². The van der Waals surface area contributed by atoms with Gasteiger partial charge in [0.1, 0.15) is 0 Å². The fraction of sp³-hybridized carbons (Fsp3) is 0.500. The lowest BCUT2D eigenvalue weighted by molar-refractivity contribution is -0.142. The molecule has 1 N–H and O–H groups in total. The number of carbonyl (C=O) groups excluding carboxylic acids is 1. The number of hydrogen-bond acceptors (Lipinski definition) is 4. The molecule has 14 heavy (non-hydrogen) atoms. The number of hydrogen-bond donors (Lipinski definition) is 1. The van der Waals surface area contributed by atoms with Gasteiger partial charge in [-0.05, 0) is 23.4 Å². The Morgan fingerprint density at radius 1 is 1.71 bits per heavy atom. The number of aliphatic hydroxyl groups is 1. The summed E-state index contributed by atoms with van der Waals surface area (Å²) in [7, 11) is 1.32. The van der Waals surface area contributed by atoms with Gasteiger partial charge < -0.3 is 9.84 Å². The van der Waals surface area contributed by atoms with E-state index >= 15 is 0 Å². The number of aliphatic hydroxyl groups excluding tert-OH is 1. The summed E-state index contributed by atoms with van der Waals surface area (Å²) in [6, 6.07) is 1.97. The number of ether oxygens (including phenoxy) is 1. The second-order valence-electron chi connectivity index (χ2n) is 2.96. The fourth-order valence-corrected chi connectivity index (χ4v) is 2.25. The van der Waals surface area contributed by atoms with Crippen LogP contribution in [0.4, 0.5) is 0 Å². The van der Waals surface area contributed by atoms with Gasteiger partial charge in [-0.25, -0.2) is 0 Å². The molecule has 0 aliphatic heterocycles. The average molecular weight is 214 g/mol. The van der Waals surface area contributed by atoms with E-state index in [2.05, 4.69) is 4.74 Å². The van der Waals surface area contributed by atoms with Crippen LogP contribution in [0.15, 0.2) is 11.4 Å². The first-order valence-electron chi connectivity index (χ1n) is 4.50. The Morgan fingerprint density at radius 2 is 2.43 bits per heavy atom. The van der Waals surface area contributed by atoms with Crippen molar-refractivity contribution in [2.45, 2.75) is 25.9 Å². The first-order chi connectivity index (χ1) is 6.69. The first kappa shape index (κ1) is 11.2. The van der Waals surface area contributed by atoms with Crippen LogP contribution < -0.4 is 0 Å². The molecule has 1 heterocycles. The van der Waals surface area contributed by atoms with Crippen molar-refractivity contribution < 1.29 is 14.6 Å². The molecule has 3 nitrogen and oxygen atoms in total. The molecule has 0 fully saturated rings. The molecule has 1 aromatic heterocycles. The minimum Gasteiger partial charge on any atom is -0.469 e. The molecule has 0 saturated carbocycles. The highest BCUT2D eigenvalue weighted by atomic mass is 32.1. The summed E-state index contributed by atoms with van der Waals surface area (Å²) in [5.41, 5.74) is 1.10. The van der Waals surface area contributed by atoms with Crippen molar-refractivity contribution in [1.82, 2.24) is 0 Å². The lowest BCUT2D eigenvalue weighted by atomic mass is 10.1. The van der Waals surface area contributed by atoms with Crippen molar-refractivity contribution in [3.05, 3.63) is 21.9 Å².